The van der Waals surface area contributed by atoms with Gasteiger partial charge >= 0.3 is 12.0 Å². The van der Waals surface area contributed by atoms with Crippen LogP contribution in [0.25, 0.3) is 21.5 Å². The molecular formula is C60H72N12O8. The summed E-state index contributed by atoms with van der Waals surface area (Å²) in [4.78, 5) is 61.1. The second-order valence-electron chi connectivity index (χ2n) is 21.3. The van der Waals surface area contributed by atoms with Gasteiger partial charge < -0.3 is 63.5 Å². The SMILES string of the molecule is C=CC(=O)N1CCN(c2nc(OCC3CN(C)CCO3)nc3c2CCN(c2cc(O)cc4ccccc24)C3)CC1.C=CC(=O)N1CCN(c2nc(OCC3COCCN3C)nc3c2CCN(c2cc(O)cc4ccccc24)C3)CC1. The lowest BCUT2D eigenvalue weighted by Gasteiger charge is -2.38. The molecule has 8 heterocycles. The minimum Gasteiger partial charge on any atom is -0.508 e. The van der Waals surface area contributed by atoms with E-state index in [2.05, 4.69) is 68.8 Å². The number of ether oxygens (including phenoxy) is 4. The van der Waals surface area contributed by atoms with Crippen molar-refractivity contribution in [2.45, 2.75) is 38.1 Å². The van der Waals surface area contributed by atoms with Crippen LogP contribution >= 0.6 is 0 Å². The van der Waals surface area contributed by atoms with Gasteiger partial charge in [-0.05, 0) is 62.0 Å². The van der Waals surface area contributed by atoms with Crippen molar-refractivity contribution in [3.8, 4) is 23.5 Å². The molecule has 0 saturated carbocycles. The molecular weight excluding hydrogens is 1020 g/mol. The van der Waals surface area contributed by atoms with E-state index < -0.39 is 0 Å². The number of piperazine rings is 2. The van der Waals surface area contributed by atoms with Gasteiger partial charge in [-0.25, -0.2) is 0 Å². The van der Waals surface area contributed by atoms with Crippen LogP contribution < -0.4 is 29.1 Å². The van der Waals surface area contributed by atoms with Crippen molar-refractivity contribution in [2.75, 3.05) is 152 Å². The highest BCUT2D eigenvalue weighted by Crippen LogP contribution is 2.39. The number of phenols is 2. The van der Waals surface area contributed by atoms with Crippen molar-refractivity contribution in [3.05, 3.63) is 121 Å². The molecule has 0 bridgehead atoms. The number of anilines is 4. The van der Waals surface area contributed by atoms with E-state index in [-0.39, 0.29) is 35.5 Å². The smallest absolute Gasteiger partial charge is 0.318 e. The van der Waals surface area contributed by atoms with Gasteiger partial charge in [-0.15, -0.1) is 0 Å². The second kappa shape index (κ2) is 24.3. The van der Waals surface area contributed by atoms with E-state index >= 15 is 0 Å². The van der Waals surface area contributed by atoms with E-state index in [9.17, 15) is 19.8 Å². The monoisotopic (exact) mass is 1090 g/mol. The van der Waals surface area contributed by atoms with Gasteiger partial charge in [0.1, 0.15) is 42.5 Å². The largest absolute Gasteiger partial charge is 0.508 e. The summed E-state index contributed by atoms with van der Waals surface area (Å²) in [5, 5.41) is 25.1. The minimum atomic E-state index is -0.0418. The Hall–Kier alpha value is -7.78. The maximum atomic E-state index is 12.2. The third-order valence-electron chi connectivity index (χ3n) is 16.2. The number of rotatable bonds is 12. The van der Waals surface area contributed by atoms with Crippen LogP contribution in [0.15, 0.2) is 98.1 Å². The molecule has 6 aromatic rings. The lowest BCUT2D eigenvalue weighted by atomic mass is 10.0. The average Bonchev–Trinajstić information content (AvgIpc) is 3.68. The minimum absolute atomic E-state index is 0.0366. The molecule has 6 aliphatic rings. The Morgan fingerprint density at radius 2 is 1.11 bits per heavy atom. The van der Waals surface area contributed by atoms with Crippen molar-refractivity contribution in [1.82, 2.24) is 39.5 Å². The van der Waals surface area contributed by atoms with Crippen LogP contribution in [-0.2, 0) is 45.0 Å². The van der Waals surface area contributed by atoms with Gasteiger partial charge in [0.2, 0.25) is 11.8 Å². The molecule has 80 heavy (non-hydrogen) atoms. The number of morpholine rings is 2. The van der Waals surface area contributed by atoms with Crippen LogP contribution in [0.3, 0.4) is 0 Å². The summed E-state index contributed by atoms with van der Waals surface area (Å²) < 4.78 is 23.9. The normalized spacial score (nSPS) is 19.9. The number of amides is 2. The van der Waals surface area contributed by atoms with Gasteiger partial charge in [0, 0.05) is 130 Å². The first kappa shape index (κ1) is 54.2. The standard InChI is InChI=1S/2C30H36N6O4/c1-3-28(38)34-10-12-35(13-11-34)29-25-8-9-36(27-17-23(37)16-21-6-4-5-7-24(21)27)18-26(25)31-30(32-29)40-20-22-19-39-15-14-33(22)2;1-3-28(38)34-10-12-35(13-11-34)29-25-8-9-36(27-17-22(37)16-21-6-4-5-7-24(21)27)19-26(25)31-30(32-29)40-20-23-18-33(2)14-15-39-23/h3-7,16-17,22,37H,1,8-15,18-20H2,2H3;3-7,16-17,23,37H,1,8-15,18-20H2,2H3. The average molecular weight is 1090 g/mol. The Labute approximate surface area is 467 Å². The van der Waals surface area contributed by atoms with Gasteiger partial charge in [0.25, 0.3) is 0 Å². The van der Waals surface area contributed by atoms with E-state index in [1.807, 2.05) is 58.3 Å². The van der Waals surface area contributed by atoms with E-state index in [1.54, 1.807) is 12.1 Å². The summed E-state index contributed by atoms with van der Waals surface area (Å²) in [5.41, 5.74) is 6.06. The van der Waals surface area contributed by atoms with Gasteiger partial charge in [-0.1, -0.05) is 61.7 Å². The fourth-order valence-electron chi connectivity index (χ4n) is 11.7. The highest BCUT2D eigenvalue weighted by Gasteiger charge is 2.32. The molecule has 4 aromatic carbocycles. The zero-order chi connectivity index (χ0) is 55.3. The molecule has 4 saturated heterocycles. The number of phenolic OH excluding ortho intramolecular Hbond substituents is 2. The third-order valence-corrected chi connectivity index (χ3v) is 16.2. The van der Waals surface area contributed by atoms with Crippen LogP contribution in [0, 0.1) is 0 Å². The van der Waals surface area contributed by atoms with Crippen LogP contribution in [0.1, 0.15) is 22.5 Å². The zero-order valence-corrected chi connectivity index (χ0v) is 45.9. The Morgan fingerprint density at radius 1 is 0.613 bits per heavy atom. The lowest BCUT2D eigenvalue weighted by molar-refractivity contribution is -0.127. The topological polar surface area (TPSA) is 189 Å². The number of hydrogen-bond donors (Lipinski definition) is 2. The van der Waals surface area contributed by atoms with Gasteiger partial charge in [-0.2, -0.15) is 19.9 Å². The summed E-state index contributed by atoms with van der Waals surface area (Å²) >= 11 is 0. The van der Waals surface area contributed by atoms with Crippen molar-refractivity contribution in [1.29, 1.82) is 0 Å². The summed E-state index contributed by atoms with van der Waals surface area (Å²) in [6.45, 7) is 20.6. The van der Waals surface area contributed by atoms with E-state index in [0.717, 1.165) is 119 Å². The van der Waals surface area contributed by atoms with Gasteiger partial charge in [-0.3, -0.25) is 14.5 Å². The van der Waals surface area contributed by atoms with Gasteiger partial charge in [0.15, 0.2) is 0 Å². The molecule has 0 radical (unpaired) electrons. The predicted molar refractivity (Wildman–Crippen MR) is 308 cm³/mol. The second-order valence-corrected chi connectivity index (χ2v) is 21.3. The molecule has 20 heteroatoms. The first-order valence-corrected chi connectivity index (χ1v) is 27.9. The molecule has 0 aliphatic carbocycles. The zero-order valence-electron chi connectivity index (χ0n) is 45.9. The fraction of sp³-hybridized carbons (Fsp3) is 0.433. The van der Waals surface area contributed by atoms with Crippen molar-refractivity contribution in [3.63, 3.8) is 0 Å². The van der Waals surface area contributed by atoms with Crippen LogP contribution in [-0.4, -0.2) is 206 Å². The summed E-state index contributed by atoms with van der Waals surface area (Å²) in [6.07, 6.45) is 4.24. The number of hydrogen-bond acceptors (Lipinski definition) is 18. The molecule has 20 nitrogen and oxygen atoms in total. The Kier molecular flexibility index (Phi) is 16.5. The van der Waals surface area contributed by atoms with Crippen molar-refractivity contribution >= 4 is 56.4 Å². The summed E-state index contributed by atoms with van der Waals surface area (Å²) in [5.74, 6) is 2.18. The third kappa shape index (κ3) is 12.0. The van der Waals surface area contributed by atoms with Crippen LogP contribution in [0.4, 0.5) is 23.0 Å². The summed E-state index contributed by atoms with van der Waals surface area (Å²) in [7, 11) is 4.16. The number of likely N-dealkylation sites (N-methyl/N-ethyl adjacent to an activating group) is 2. The first-order chi connectivity index (χ1) is 39.0. The molecule has 2 unspecified atom stereocenters. The molecule has 4 fully saturated rings. The number of nitrogens with zero attached hydrogens (tertiary/aromatic N) is 12. The maximum Gasteiger partial charge on any atom is 0.318 e. The molecule has 2 atom stereocenters. The molecule has 2 N–H and O–H groups in total. The Bertz CT molecular complexity index is 3240. The Balaban J connectivity index is 0.000000169. The Morgan fingerprint density at radius 3 is 1.60 bits per heavy atom. The predicted octanol–water partition coefficient (Wildman–Crippen LogP) is 4.88. The molecule has 420 valence electrons. The number of aromatic hydroxyl groups is 2. The van der Waals surface area contributed by atoms with Crippen molar-refractivity contribution in [2.24, 2.45) is 0 Å². The highest BCUT2D eigenvalue weighted by atomic mass is 16.5. The van der Waals surface area contributed by atoms with E-state index in [1.165, 1.54) is 12.2 Å². The van der Waals surface area contributed by atoms with E-state index in [0.29, 0.717) is 104 Å². The molecule has 12 rings (SSSR count). The maximum absolute atomic E-state index is 12.2. The highest BCUT2D eigenvalue weighted by molar-refractivity contribution is 5.97. The quantitative estimate of drug-likeness (QED) is 0.158. The number of aromatic nitrogens is 4. The summed E-state index contributed by atoms with van der Waals surface area (Å²) in [6, 6.07) is 24.3. The number of carbonyl (C=O) groups excluding carboxylic acids is 2. The number of fused-ring (bicyclic) bond motifs is 4. The van der Waals surface area contributed by atoms with Gasteiger partial charge in [0.05, 0.1) is 50.3 Å². The lowest BCUT2D eigenvalue weighted by Crippen LogP contribution is -2.49. The van der Waals surface area contributed by atoms with Crippen molar-refractivity contribution < 1.29 is 38.7 Å². The molecule has 2 amide bonds. The molecule has 2 aromatic heterocycles. The van der Waals surface area contributed by atoms with Crippen LogP contribution in [0.5, 0.6) is 23.5 Å². The first-order valence-electron chi connectivity index (χ1n) is 27.9. The molecule has 0 spiro atoms. The van der Waals surface area contributed by atoms with E-state index in [4.69, 9.17) is 38.9 Å². The number of benzene rings is 4. The van der Waals surface area contributed by atoms with Crippen LogP contribution in [0.2, 0.25) is 0 Å². The molecule has 6 aliphatic heterocycles. The number of carbonyl (C=O) groups is 2. The fourth-order valence-corrected chi connectivity index (χ4v) is 11.7.